The van der Waals surface area contributed by atoms with Gasteiger partial charge >= 0.3 is 0 Å². The van der Waals surface area contributed by atoms with Gasteiger partial charge in [0.1, 0.15) is 5.75 Å². The van der Waals surface area contributed by atoms with E-state index in [9.17, 15) is 4.79 Å². The average molecular weight is 165 g/mol. The molecule has 1 rings (SSSR count). The van der Waals surface area contributed by atoms with Gasteiger partial charge in [-0.25, -0.2) is 0 Å². The molecule has 0 fully saturated rings. The van der Waals surface area contributed by atoms with Crippen molar-refractivity contribution in [3.63, 3.8) is 0 Å². The van der Waals surface area contributed by atoms with Crippen molar-refractivity contribution >= 4 is 6.29 Å². The molecule has 0 aliphatic heterocycles. The molecular formula is C9H11NO2. The number of benzene rings is 1. The minimum atomic E-state index is 0.122. The standard InChI is InChI=1S/C9H11NO2/c1-10-5-7-2-3-9(12)4-8(7)6-11/h2-4,6,10,12H,5H2,1H3. The fraction of sp³-hybridized carbons (Fsp3) is 0.222. The number of aldehydes is 1. The highest BCUT2D eigenvalue weighted by Gasteiger charge is 2.00. The Bertz CT molecular complexity index is 284. The van der Waals surface area contributed by atoms with Crippen molar-refractivity contribution in [1.82, 2.24) is 5.32 Å². The monoisotopic (exact) mass is 165 g/mol. The third-order valence-corrected chi connectivity index (χ3v) is 1.62. The molecule has 0 aliphatic rings. The SMILES string of the molecule is CNCc1ccc(O)cc1C=O. The maximum absolute atomic E-state index is 10.5. The van der Waals surface area contributed by atoms with Crippen LogP contribution in [-0.4, -0.2) is 18.4 Å². The van der Waals surface area contributed by atoms with Gasteiger partial charge in [0.05, 0.1) is 0 Å². The molecule has 0 atom stereocenters. The molecule has 0 spiro atoms. The first-order valence-corrected chi connectivity index (χ1v) is 3.69. The third kappa shape index (κ3) is 1.83. The molecule has 0 unspecified atom stereocenters. The van der Waals surface area contributed by atoms with E-state index in [1.165, 1.54) is 6.07 Å². The summed E-state index contributed by atoms with van der Waals surface area (Å²) in [4.78, 5) is 10.5. The van der Waals surface area contributed by atoms with Gasteiger partial charge in [-0.05, 0) is 24.7 Å². The first-order valence-electron chi connectivity index (χ1n) is 3.69. The molecule has 3 heteroatoms. The van der Waals surface area contributed by atoms with Crippen molar-refractivity contribution in [2.75, 3.05) is 7.05 Å². The van der Waals surface area contributed by atoms with E-state index in [1.54, 1.807) is 19.2 Å². The lowest BCUT2D eigenvalue weighted by Crippen LogP contribution is -2.07. The molecule has 0 radical (unpaired) electrons. The summed E-state index contributed by atoms with van der Waals surface area (Å²) in [6.45, 7) is 0.633. The van der Waals surface area contributed by atoms with E-state index in [4.69, 9.17) is 5.11 Å². The van der Waals surface area contributed by atoms with Crippen LogP contribution in [0, 0.1) is 0 Å². The molecule has 0 bridgehead atoms. The zero-order valence-corrected chi connectivity index (χ0v) is 6.87. The van der Waals surface area contributed by atoms with Crippen LogP contribution in [0.5, 0.6) is 5.75 Å². The summed E-state index contributed by atoms with van der Waals surface area (Å²) < 4.78 is 0. The number of nitrogens with one attached hydrogen (secondary N) is 1. The lowest BCUT2D eigenvalue weighted by Gasteiger charge is -2.03. The summed E-state index contributed by atoms with van der Waals surface area (Å²) in [6, 6.07) is 4.76. The zero-order valence-electron chi connectivity index (χ0n) is 6.87. The second-order valence-electron chi connectivity index (χ2n) is 2.53. The fourth-order valence-electron chi connectivity index (χ4n) is 1.04. The molecule has 0 saturated carbocycles. The molecule has 0 aromatic heterocycles. The number of phenols is 1. The number of carbonyl (C=O) groups is 1. The summed E-state index contributed by atoms with van der Waals surface area (Å²) >= 11 is 0. The van der Waals surface area contributed by atoms with Crippen molar-refractivity contribution in [3.8, 4) is 5.75 Å². The highest BCUT2D eigenvalue weighted by atomic mass is 16.3. The van der Waals surface area contributed by atoms with Crippen LogP contribution in [0.4, 0.5) is 0 Å². The van der Waals surface area contributed by atoms with Gasteiger partial charge in [-0.1, -0.05) is 6.07 Å². The first kappa shape index (κ1) is 8.74. The minimum Gasteiger partial charge on any atom is -0.508 e. The molecular weight excluding hydrogens is 154 g/mol. The maximum Gasteiger partial charge on any atom is 0.150 e. The van der Waals surface area contributed by atoms with Gasteiger partial charge in [-0.2, -0.15) is 0 Å². The summed E-state index contributed by atoms with van der Waals surface area (Å²) in [6.07, 6.45) is 0.742. The van der Waals surface area contributed by atoms with Crippen LogP contribution in [0.15, 0.2) is 18.2 Å². The number of hydrogen-bond donors (Lipinski definition) is 2. The van der Waals surface area contributed by atoms with Crippen LogP contribution < -0.4 is 5.32 Å². The van der Waals surface area contributed by atoms with Gasteiger partial charge in [0.25, 0.3) is 0 Å². The Morgan fingerprint density at radius 2 is 2.33 bits per heavy atom. The van der Waals surface area contributed by atoms with Crippen LogP contribution in [0.3, 0.4) is 0 Å². The van der Waals surface area contributed by atoms with Gasteiger partial charge in [0.15, 0.2) is 6.29 Å². The molecule has 64 valence electrons. The fourth-order valence-corrected chi connectivity index (χ4v) is 1.04. The molecule has 0 heterocycles. The van der Waals surface area contributed by atoms with Crippen LogP contribution in [0.1, 0.15) is 15.9 Å². The van der Waals surface area contributed by atoms with E-state index < -0.39 is 0 Å². The second-order valence-corrected chi connectivity index (χ2v) is 2.53. The first-order chi connectivity index (χ1) is 5.77. The second kappa shape index (κ2) is 3.88. The normalized spacial score (nSPS) is 9.75. The molecule has 0 saturated heterocycles. The zero-order chi connectivity index (χ0) is 8.97. The van der Waals surface area contributed by atoms with Gasteiger partial charge in [0.2, 0.25) is 0 Å². The van der Waals surface area contributed by atoms with Crippen molar-refractivity contribution in [1.29, 1.82) is 0 Å². The van der Waals surface area contributed by atoms with Crippen molar-refractivity contribution in [2.45, 2.75) is 6.54 Å². The number of carbonyl (C=O) groups excluding carboxylic acids is 1. The van der Waals surface area contributed by atoms with E-state index in [0.29, 0.717) is 12.1 Å². The summed E-state index contributed by atoms with van der Waals surface area (Å²) in [5, 5.41) is 12.0. The van der Waals surface area contributed by atoms with Crippen LogP contribution >= 0.6 is 0 Å². The van der Waals surface area contributed by atoms with Crippen molar-refractivity contribution in [2.24, 2.45) is 0 Å². The van der Waals surface area contributed by atoms with Gasteiger partial charge in [0, 0.05) is 12.1 Å². The topological polar surface area (TPSA) is 49.3 Å². The van der Waals surface area contributed by atoms with Crippen LogP contribution in [0.25, 0.3) is 0 Å². The highest BCUT2D eigenvalue weighted by Crippen LogP contribution is 2.14. The van der Waals surface area contributed by atoms with Gasteiger partial charge in [-0.3, -0.25) is 4.79 Å². The van der Waals surface area contributed by atoms with E-state index in [1.807, 2.05) is 0 Å². The smallest absolute Gasteiger partial charge is 0.150 e. The Morgan fingerprint density at radius 3 is 2.92 bits per heavy atom. The lowest BCUT2D eigenvalue weighted by molar-refractivity contribution is 0.112. The number of phenolic OH excluding ortho intramolecular Hbond substituents is 1. The van der Waals surface area contributed by atoms with E-state index in [2.05, 4.69) is 5.32 Å². The van der Waals surface area contributed by atoms with E-state index in [0.717, 1.165) is 11.8 Å². The minimum absolute atomic E-state index is 0.122. The quantitative estimate of drug-likeness (QED) is 0.655. The molecule has 0 aliphatic carbocycles. The Morgan fingerprint density at radius 1 is 1.58 bits per heavy atom. The Balaban J connectivity index is 3.02. The van der Waals surface area contributed by atoms with Gasteiger partial charge < -0.3 is 10.4 Å². The Labute approximate surface area is 71.0 Å². The van der Waals surface area contributed by atoms with Crippen molar-refractivity contribution in [3.05, 3.63) is 29.3 Å². The van der Waals surface area contributed by atoms with E-state index in [-0.39, 0.29) is 5.75 Å². The number of hydrogen-bond acceptors (Lipinski definition) is 3. The average Bonchev–Trinajstić information content (AvgIpc) is 2.08. The highest BCUT2D eigenvalue weighted by molar-refractivity contribution is 5.78. The van der Waals surface area contributed by atoms with Crippen LogP contribution in [0.2, 0.25) is 0 Å². The Kier molecular flexibility index (Phi) is 2.82. The molecule has 2 N–H and O–H groups in total. The summed E-state index contributed by atoms with van der Waals surface area (Å²) in [5.74, 6) is 0.122. The van der Waals surface area contributed by atoms with Crippen molar-refractivity contribution < 1.29 is 9.90 Å². The summed E-state index contributed by atoms with van der Waals surface area (Å²) in [7, 11) is 1.81. The molecule has 3 nitrogen and oxygen atoms in total. The predicted molar refractivity (Wildman–Crippen MR) is 46.3 cm³/mol. The maximum atomic E-state index is 10.5. The predicted octanol–water partition coefficient (Wildman–Crippen LogP) is 0.924. The molecule has 12 heavy (non-hydrogen) atoms. The van der Waals surface area contributed by atoms with Crippen LogP contribution in [-0.2, 0) is 6.54 Å². The largest absolute Gasteiger partial charge is 0.508 e. The molecule has 0 amide bonds. The summed E-state index contributed by atoms with van der Waals surface area (Å²) in [5.41, 5.74) is 1.43. The third-order valence-electron chi connectivity index (χ3n) is 1.62. The number of aromatic hydroxyl groups is 1. The number of rotatable bonds is 3. The lowest BCUT2D eigenvalue weighted by atomic mass is 10.1. The van der Waals surface area contributed by atoms with Gasteiger partial charge in [-0.15, -0.1) is 0 Å². The molecule has 1 aromatic rings. The van der Waals surface area contributed by atoms with E-state index >= 15 is 0 Å². The molecule has 1 aromatic carbocycles. The Hall–Kier alpha value is -1.35.